The van der Waals surface area contributed by atoms with E-state index in [1.807, 2.05) is 42.2 Å². The molecule has 1 fully saturated rings. The number of piperidine rings is 1. The third-order valence-electron chi connectivity index (χ3n) is 4.67. The van der Waals surface area contributed by atoms with Crippen molar-refractivity contribution in [2.24, 2.45) is 0 Å². The summed E-state index contributed by atoms with van der Waals surface area (Å²) in [5.74, 6) is 1.62. The van der Waals surface area contributed by atoms with Crippen LogP contribution in [0.3, 0.4) is 0 Å². The largest absolute Gasteiger partial charge is 0.481 e. The summed E-state index contributed by atoms with van der Waals surface area (Å²) in [5.41, 5.74) is 1.37. The molecule has 1 aromatic carbocycles. The van der Waals surface area contributed by atoms with Gasteiger partial charge < -0.3 is 19.5 Å². The molecule has 0 aliphatic carbocycles. The van der Waals surface area contributed by atoms with E-state index < -0.39 is 5.60 Å². The van der Waals surface area contributed by atoms with Crippen LogP contribution in [0.15, 0.2) is 40.9 Å². The van der Waals surface area contributed by atoms with Crippen LogP contribution < -0.4 is 10.1 Å². The molecule has 2 aliphatic rings. The average Bonchev–Trinajstić information content (AvgIpc) is 3.05. The topological polar surface area (TPSA) is 67.6 Å². The number of carbonyl (C=O) groups excluding carboxylic acids is 1. The summed E-state index contributed by atoms with van der Waals surface area (Å²) in [5, 5.41) is 6.81. The van der Waals surface area contributed by atoms with Crippen molar-refractivity contribution in [1.82, 2.24) is 15.4 Å². The number of nitrogens with one attached hydrogen (secondary N) is 1. The highest BCUT2D eigenvalue weighted by Gasteiger charge is 2.39. The molecule has 6 heteroatoms. The molecule has 2 amide bonds. The number of aryl methyl sites for hydroxylation is 1. The van der Waals surface area contributed by atoms with Crippen molar-refractivity contribution >= 4 is 12.1 Å². The van der Waals surface area contributed by atoms with E-state index >= 15 is 0 Å². The van der Waals surface area contributed by atoms with Crippen molar-refractivity contribution in [2.75, 3.05) is 13.1 Å². The number of ether oxygens (including phenoxy) is 1. The third-order valence-corrected chi connectivity index (χ3v) is 4.67. The second kappa shape index (κ2) is 6.27. The van der Waals surface area contributed by atoms with E-state index in [1.165, 1.54) is 0 Å². The molecular formula is C19H21N3O3. The third kappa shape index (κ3) is 3.24. The molecule has 1 N–H and O–H groups in total. The Morgan fingerprint density at radius 3 is 3.12 bits per heavy atom. The van der Waals surface area contributed by atoms with Gasteiger partial charge in [-0.3, -0.25) is 0 Å². The van der Waals surface area contributed by atoms with Crippen molar-refractivity contribution in [3.63, 3.8) is 0 Å². The molecule has 0 saturated carbocycles. The molecule has 3 heterocycles. The number of benzene rings is 1. The number of amides is 2. The molecule has 25 heavy (non-hydrogen) atoms. The first kappa shape index (κ1) is 15.7. The van der Waals surface area contributed by atoms with Crippen LogP contribution in [-0.4, -0.2) is 34.8 Å². The Morgan fingerprint density at radius 2 is 2.28 bits per heavy atom. The second-order valence-electron chi connectivity index (χ2n) is 6.65. The van der Waals surface area contributed by atoms with Gasteiger partial charge in [-0.25, -0.2) is 4.79 Å². The highest BCUT2D eigenvalue weighted by atomic mass is 16.5. The number of nitrogens with zero attached hydrogens (tertiary/aromatic N) is 2. The number of rotatable bonds is 2. The van der Waals surface area contributed by atoms with Crippen LogP contribution in [0.1, 0.15) is 29.9 Å². The van der Waals surface area contributed by atoms with Gasteiger partial charge in [0.1, 0.15) is 22.8 Å². The quantitative estimate of drug-likeness (QED) is 0.913. The lowest BCUT2D eigenvalue weighted by Crippen LogP contribution is -2.55. The lowest BCUT2D eigenvalue weighted by atomic mass is 9.89. The first-order valence-corrected chi connectivity index (χ1v) is 8.56. The van der Waals surface area contributed by atoms with Crippen molar-refractivity contribution in [3.05, 3.63) is 53.4 Å². The fraction of sp³-hybridized carbons (Fsp3) is 0.368. The van der Waals surface area contributed by atoms with Gasteiger partial charge in [0, 0.05) is 18.2 Å². The SMILES string of the molecule is Cc1cc(CNC(=O)N2CCCC3(C=Cc4ccccc4O3)C2)no1. The van der Waals surface area contributed by atoms with Crippen LogP contribution in [0.25, 0.3) is 6.08 Å². The number of fused-ring (bicyclic) bond motifs is 1. The maximum atomic E-state index is 12.5. The normalized spacial score (nSPS) is 21.7. The fourth-order valence-corrected chi connectivity index (χ4v) is 3.43. The van der Waals surface area contributed by atoms with Gasteiger partial charge in [0.25, 0.3) is 0 Å². The first-order chi connectivity index (χ1) is 12.1. The number of aromatic nitrogens is 1. The van der Waals surface area contributed by atoms with Crippen molar-refractivity contribution in [3.8, 4) is 5.75 Å². The van der Waals surface area contributed by atoms with Gasteiger partial charge in [-0.15, -0.1) is 0 Å². The van der Waals surface area contributed by atoms with E-state index in [4.69, 9.17) is 9.26 Å². The molecule has 1 atom stereocenters. The minimum absolute atomic E-state index is 0.101. The van der Waals surface area contributed by atoms with Crippen molar-refractivity contribution in [2.45, 2.75) is 31.9 Å². The average molecular weight is 339 g/mol. The molecule has 2 aliphatic heterocycles. The maximum absolute atomic E-state index is 12.5. The zero-order valence-corrected chi connectivity index (χ0v) is 14.2. The van der Waals surface area contributed by atoms with Gasteiger partial charge in [-0.1, -0.05) is 29.4 Å². The van der Waals surface area contributed by atoms with Gasteiger partial charge >= 0.3 is 6.03 Å². The maximum Gasteiger partial charge on any atom is 0.317 e. The zero-order chi connectivity index (χ0) is 17.3. The van der Waals surface area contributed by atoms with E-state index in [1.54, 1.807) is 0 Å². The van der Waals surface area contributed by atoms with E-state index in [0.717, 1.165) is 42.2 Å². The number of likely N-dealkylation sites (tertiary alicyclic amines) is 1. The monoisotopic (exact) mass is 339 g/mol. The number of hydrogen-bond donors (Lipinski definition) is 1. The molecule has 6 nitrogen and oxygen atoms in total. The lowest BCUT2D eigenvalue weighted by Gasteiger charge is -2.42. The predicted octanol–water partition coefficient (Wildman–Crippen LogP) is 3.13. The Hall–Kier alpha value is -2.76. The van der Waals surface area contributed by atoms with Crippen LogP contribution in [0.4, 0.5) is 4.79 Å². The van der Waals surface area contributed by atoms with E-state index in [0.29, 0.717) is 13.1 Å². The molecule has 0 bridgehead atoms. The van der Waals surface area contributed by atoms with Gasteiger partial charge in [0.2, 0.25) is 0 Å². The first-order valence-electron chi connectivity index (χ1n) is 8.56. The Bertz CT molecular complexity index is 814. The van der Waals surface area contributed by atoms with Crippen molar-refractivity contribution < 1.29 is 14.1 Å². The van der Waals surface area contributed by atoms with Crippen LogP contribution in [0.2, 0.25) is 0 Å². The Kier molecular flexibility index (Phi) is 3.95. The zero-order valence-electron chi connectivity index (χ0n) is 14.2. The smallest absolute Gasteiger partial charge is 0.317 e. The van der Waals surface area contributed by atoms with Gasteiger partial charge in [-0.05, 0) is 31.9 Å². The number of hydrogen-bond acceptors (Lipinski definition) is 4. The molecular weight excluding hydrogens is 318 g/mol. The predicted molar refractivity (Wildman–Crippen MR) is 93.1 cm³/mol. The summed E-state index contributed by atoms with van der Waals surface area (Å²) in [6.07, 6.45) is 6.00. The highest BCUT2D eigenvalue weighted by Crippen LogP contribution is 2.35. The molecule has 1 spiro atoms. The number of urea groups is 1. The number of carbonyl (C=O) groups is 1. The van der Waals surface area contributed by atoms with E-state index in [2.05, 4.69) is 22.6 Å². The molecule has 1 aromatic heterocycles. The Labute approximate surface area is 146 Å². The molecule has 1 saturated heterocycles. The van der Waals surface area contributed by atoms with Crippen LogP contribution in [0.5, 0.6) is 5.75 Å². The summed E-state index contributed by atoms with van der Waals surface area (Å²) in [6.45, 7) is 3.46. The Morgan fingerprint density at radius 1 is 1.40 bits per heavy atom. The van der Waals surface area contributed by atoms with Gasteiger partial charge in [0.15, 0.2) is 0 Å². The van der Waals surface area contributed by atoms with E-state index in [-0.39, 0.29) is 6.03 Å². The molecule has 0 radical (unpaired) electrons. The molecule has 130 valence electrons. The fourth-order valence-electron chi connectivity index (χ4n) is 3.43. The van der Waals surface area contributed by atoms with Crippen LogP contribution in [0, 0.1) is 6.92 Å². The summed E-state index contributed by atoms with van der Waals surface area (Å²) >= 11 is 0. The van der Waals surface area contributed by atoms with Crippen molar-refractivity contribution in [1.29, 1.82) is 0 Å². The van der Waals surface area contributed by atoms with Crippen LogP contribution >= 0.6 is 0 Å². The lowest BCUT2D eigenvalue weighted by molar-refractivity contribution is 0.0414. The Balaban J connectivity index is 1.42. The minimum Gasteiger partial charge on any atom is -0.481 e. The molecule has 1 unspecified atom stereocenters. The standard InChI is InChI=1S/C19H21N3O3/c1-14-11-16(21-25-14)12-20-18(23)22-10-4-8-19(13-22)9-7-15-5-2-3-6-17(15)24-19/h2-3,5-7,9,11H,4,8,10,12-13H2,1H3,(H,20,23). The van der Waals surface area contributed by atoms with Gasteiger partial charge in [-0.2, -0.15) is 0 Å². The minimum atomic E-state index is -0.436. The highest BCUT2D eigenvalue weighted by molar-refractivity contribution is 5.74. The molecule has 4 rings (SSSR count). The summed E-state index contributed by atoms with van der Waals surface area (Å²) in [4.78, 5) is 14.3. The van der Waals surface area contributed by atoms with Gasteiger partial charge in [0.05, 0.1) is 13.1 Å². The second-order valence-corrected chi connectivity index (χ2v) is 6.65. The summed E-state index contributed by atoms with van der Waals surface area (Å²) in [6, 6.07) is 9.70. The number of para-hydroxylation sites is 1. The van der Waals surface area contributed by atoms with E-state index in [9.17, 15) is 4.79 Å². The van der Waals surface area contributed by atoms with Crippen LogP contribution in [-0.2, 0) is 6.54 Å². The molecule has 2 aromatic rings. The summed E-state index contributed by atoms with van der Waals surface area (Å²) < 4.78 is 11.3. The summed E-state index contributed by atoms with van der Waals surface area (Å²) in [7, 11) is 0.